The lowest BCUT2D eigenvalue weighted by Crippen LogP contribution is -2.10. The average Bonchev–Trinajstić information content (AvgIpc) is 2.84. The Morgan fingerprint density at radius 1 is 1.21 bits per heavy atom. The van der Waals surface area contributed by atoms with Gasteiger partial charge in [-0.05, 0) is 57.8 Å². The van der Waals surface area contributed by atoms with Gasteiger partial charge in [-0.2, -0.15) is 0 Å². The molecule has 1 nitrogen and oxygen atoms in total. The van der Waals surface area contributed by atoms with Gasteiger partial charge in [-0.15, -0.1) is 11.3 Å². The number of methoxy groups -OCH3 is 1. The molecule has 4 heteroatoms. The minimum atomic E-state index is 0.575. The summed E-state index contributed by atoms with van der Waals surface area (Å²) in [4.78, 5) is 1.42. The molecule has 1 heterocycles. The number of para-hydroxylation sites is 1. The zero-order valence-corrected chi connectivity index (χ0v) is 14.7. The lowest BCUT2D eigenvalue weighted by Gasteiger charge is -2.15. The van der Waals surface area contributed by atoms with E-state index >= 15 is 0 Å². The molecule has 1 aromatic heterocycles. The lowest BCUT2D eigenvalue weighted by molar-refractivity contribution is 0.406. The minimum Gasteiger partial charge on any atom is -0.496 e. The maximum absolute atomic E-state index is 5.43. The smallest absolute Gasteiger partial charge is 0.122 e. The van der Waals surface area contributed by atoms with E-state index in [1.54, 1.807) is 7.11 Å². The third-order valence-corrected chi connectivity index (χ3v) is 5.95. The van der Waals surface area contributed by atoms with Gasteiger partial charge in [-0.25, -0.2) is 0 Å². The second-order valence-corrected chi connectivity index (χ2v) is 6.93. The highest BCUT2D eigenvalue weighted by Crippen LogP contribution is 2.29. The van der Waals surface area contributed by atoms with Gasteiger partial charge in [0.1, 0.15) is 5.75 Å². The third kappa shape index (κ3) is 4.07. The molecule has 0 radical (unpaired) electrons. The average molecular weight is 404 g/mol. The van der Waals surface area contributed by atoms with Crippen molar-refractivity contribution in [3.63, 3.8) is 0 Å². The van der Waals surface area contributed by atoms with Crippen LogP contribution in [0.5, 0.6) is 5.75 Å². The standard InChI is InChI=1S/C15H16Br2OS/c1-18-14-5-3-2-4-12(14)8-11(10-16)9-15-13(17)6-7-19-15/h2-7,11H,8-10H2,1H3. The molecule has 1 aromatic carbocycles. The second kappa shape index (κ2) is 7.46. The molecule has 2 rings (SSSR count). The van der Waals surface area contributed by atoms with Crippen LogP contribution < -0.4 is 4.74 Å². The van der Waals surface area contributed by atoms with Crippen molar-refractivity contribution >= 4 is 43.2 Å². The fraction of sp³-hybridized carbons (Fsp3) is 0.333. The van der Waals surface area contributed by atoms with Gasteiger partial charge < -0.3 is 4.74 Å². The van der Waals surface area contributed by atoms with Crippen molar-refractivity contribution in [3.8, 4) is 5.75 Å². The first-order chi connectivity index (χ1) is 9.24. The van der Waals surface area contributed by atoms with Gasteiger partial charge in [0.15, 0.2) is 0 Å². The molecular weight excluding hydrogens is 388 g/mol. The molecule has 0 bridgehead atoms. The van der Waals surface area contributed by atoms with Gasteiger partial charge in [-0.3, -0.25) is 0 Å². The Morgan fingerprint density at radius 2 is 2.00 bits per heavy atom. The van der Waals surface area contributed by atoms with Gasteiger partial charge >= 0.3 is 0 Å². The molecule has 0 spiro atoms. The van der Waals surface area contributed by atoms with Crippen molar-refractivity contribution in [1.29, 1.82) is 0 Å². The number of halogens is 2. The Bertz CT molecular complexity index is 524. The molecule has 0 aliphatic rings. The topological polar surface area (TPSA) is 9.23 Å². The van der Waals surface area contributed by atoms with E-state index in [-0.39, 0.29) is 0 Å². The number of hydrogen-bond acceptors (Lipinski definition) is 2. The molecule has 0 N–H and O–H groups in total. The Morgan fingerprint density at radius 3 is 2.63 bits per heavy atom. The maximum atomic E-state index is 5.43. The summed E-state index contributed by atoms with van der Waals surface area (Å²) in [6.07, 6.45) is 2.11. The van der Waals surface area contributed by atoms with Crippen molar-refractivity contribution in [3.05, 3.63) is 50.6 Å². The Balaban J connectivity index is 2.09. The van der Waals surface area contributed by atoms with E-state index in [4.69, 9.17) is 4.74 Å². The van der Waals surface area contributed by atoms with E-state index in [1.807, 2.05) is 23.5 Å². The monoisotopic (exact) mass is 402 g/mol. The molecule has 1 atom stereocenters. The van der Waals surface area contributed by atoms with Gasteiger partial charge in [0, 0.05) is 14.7 Å². The first-order valence-electron chi connectivity index (χ1n) is 6.14. The predicted octanol–water partition coefficient (Wildman–Crippen LogP) is 5.32. The normalized spacial score (nSPS) is 12.4. The van der Waals surface area contributed by atoms with Crippen molar-refractivity contribution in [2.45, 2.75) is 12.8 Å². The summed E-state index contributed by atoms with van der Waals surface area (Å²) < 4.78 is 6.65. The molecule has 0 saturated carbocycles. The number of rotatable bonds is 6. The number of ether oxygens (including phenoxy) is 1. The molecule has 0 amide bonds. The molecule has 19 heavy (non-hydrogen) atoms. The van der Waals surface area contributed by atoms with Crippen molar-refractivity contribution < 1.29 is 4.74 Å². The highest BCUT2D eigenvalue weighted by molar-refractivity contribution is 9.10. The highest BCUT2D eigenvalue weighted by atomic mass is 79.9. The highest BCUT2D eigenvalue weighted by Gasteiger charge is 2.14. The fourth-order valence-electron chi connectivity index (χ4n) is 2.10. The number of thiophene rings is 1. The first kappa shape index (κ1) is 15.1. The van der Waals surface area contributed by atoms with Crippen LogP contribution in [0.25, 0.3) is 0 Å². The minimum absolute atomic E-state index is 0.575. The molecule has 1 unspecified atom stereocenters. The zero-order chi connectivity index (χ0) is 13.7. The molecule has 0 fully saturated rings. The van der Waals surface area contributed by atoms with Crippen LogP contribution in [0.15, 0.2) is 40.2 Å². The summed E-state index contributed by atoms with van der Waals surface area (Å²) in [6, 6.07) is 10.4. The molecule has 0 aliphatic carbocycles. The first-order valence-corrected chi connectivity index (χ1v) is 8.93. The quantitative estimate of drug-likeness (QED) is 0.593. The van der Waals surface area contributed by atoms with Crippen LogP contribution in [0.2, 0.25) is 0 Å². The van der Waals surface area contributed by atoms with E-state index in [2.05, 4.69) is 55.4 Å². The summed E-state index contributed by atoms with van der Waals surface area (Å²) in [6.45, 7) is 0. The molecule has 2 aromatic rings. The summed E-state index contributed by atoms with van der Waals surface area (Å²) in [5.74, 6) is 1.56. The zero-order valence-electron chi connectivity index (χ0n) is 10.7. The Kier molecular flexibility index (Phi) is 5.92. The second-order valence-electron chi connectivity index (χ2n) is 4.43. The number of alkyl halides is 1. The maximum Gasteiger partial charge on any atom is 0.122 e. The van der Waals surface area contributed by atoms with E-state index in [9.17, 15) is 0 Å². The van der Waals surface area contributed by atoms with E-state index in [1.165, 1.54) is 14.9 Å². The lowest BCUT2D eigenvalue weighted by atomic mass is 9.97. The van der Waals surface area contributed by atoms with Crippen molar-refractivity contribution in [2.24, 2.45) is 5.92 Å². The molecule has 0 aliphatic heterocycles. The van der Waals surface area contributed by atoms with E-state index in [0.29, 0.717) is 5.92 Å². The number of benzene rings is 1. The van der Waals surface area contributed by atoms with Gasteiger partial charge in [0.2, 0.25) is 0 Å². The van der Waals surface area contributed by atoms with Crippen LogP contribution in [0.1, 0.15) is 10.4 Å². The van der Waals surface area contributed by atoms with Gasteiger partial charge in [0.05, 0.1) is 7.11 Å². The summed E-state index contributed by atoms with van der Waals surface area (Å²) >= 11 is 9.06. The number of hydrogen-bond donors (Lipinski definition) is 0. The third-order valence-electron chi connectivity index (χ3n) is 3.08. The SMILES string of the molecule is COc1ccccc1CC(CBr)Cc1sccc1Br. The van der Waals surface area contributed by atoms with Crippen LogP contribution in [-0.2, 0) is 12.8 Å². The summed E-state index contributed by atoms with van der Waals surface area (Å²) in [5.41, 5.74) is 1.28. The van der Waals surface area contributed by atoms with E-state index < -0.39 is 0 Å². The Labute approximate surface area is 135 Å². The Hall–Kier alpha value is -0.320. The van der Waals surface area contributed by atoms with Crippen LogP contribution in [0.3, 0.4) is 0 Å². The fourth-order valence-corrected chi connectivity index (χ4v) is 4.18. The van der Waals surface area contributed by atoms with Crippen LogP contribution in [0.4, 0.5) is 0 Å². The molecule has 102 valence electrons. The van der Waals surface area contributed by atoms with Crippen molar-refractivity contribution in [2.75, 3.05) is 12.4 Å². The summed E-state index contributed by atoms with van der Waals surface area (Å²) in [7, 11) is 1.73. The van der Waals surface area contributed by atoms with Crippen LogP contribution >= 0.6 is 43.2 Å². The van der Waals surface area contributed by atoms with Gasteiger partial charge in [0.25, 0.3) is 0 Å². The van der Waals surface area contributed by atoms with Crippen LogP contribution in [-0.4, -0.2) is 12.4 Å². The molecule has 0 saturated heterocycles. The molecular formula is C15H16Br2OS. The predicted molar refractivity (Wildman–Crippen MR) is 89.7 cm³/mol. The van der Waals surface area contributed by atoms with Gasteiger partial charge in [-0.1, -0.05) is 34.1 Å². The largest absolute Gasteiger partial charge is 0.496 e. The van der Waals surface area contributed by atoms with Crippen molar-refractivity contribution in [1.82, 2.24) is 0 Å². The van der Waals surface area contributed by atoms with E-state index in [0.717, 1.165) is 23.9 Å². The van der Waals surface area contributed by atoms with Crippen LogP contribution in [0, 0.1) is 5.92 Å². The summed E-state index contributed by atoms with van der Waals surface area (Å²) in [5, 5.41) is 3.13.